The van der Waals surface area contributed by atoms with Crippen LogP contribution >= 0.6 is 0 Å². The second-order valence-electron chi connectivity index (χ2n) is 7.88. The molecule has 2 saturated heterocycles. The summed E-state index contributed by atoms with van der Waals surface area (Å²) in [6.45, 7) is 13.5. The van der Waals surface area contributed by atoms with Crippen molar-refractivity contribution in [1.82, 2.24) is 14.7 Å². The summed E-state index contributed by atoms with van der Waals surface area (Å²) >= 11 is 0. The van der Waals surface area contributed by atoms with Gasteiger partial charge in [0.1, 0.15) is 0 Å². The fourth-order valence-electron chi connectivity index (χ4n) is 3.13. The number of carbonyl (C=O) groups is 2. The van der Waals surface area contributed by atoms with E-state index in [1.54, 1.807) is 0 Å². The predicted octanol–water partition coefficient (Wildman–Crippen LogP) is 1.44. The van der Waals surface area contributed by atoms with E-state index in [2.05, 4.69) is 11.8 Å². The lowest BCUT2D eigenvalue weighted by Gasteiger charge is -2.38. The van der Waals surface area contributed by atoms with Gasteiger partial charge >= 0.3 is 0 Å². The number of hydrogen-bond donors (Lipinski definition) is 0. The lowest BCUT2D eigenvalue weighted by atomic mass is 9.94. The Kier molecular flexibility index (Phi) is 5.48. The van der Waals surface area contributed by atoms with Crippen LogP contribution in [0.3, 0.4) is 0 Å². The van der Waals surface area contributed by atoms with Gasteiger partial charge in [-0.15, -0.1) is 0 Å². The van der Waals surface area contributed by atoms with Gasteiger partial charge in [0.05, 0.1) is 6.54 Å². The molecule has 2 amide bonds. The molecule has 0 spiro atoms. The number of likely N-dealkylation sites (tertiary alicyclic amines) is 1. The van der Waals surface area contributed by atoms with E-state index in [1.165, 1.54) is 0 Å². The van der Waals surface area contributed by atoms with Crippen molar-refractivity contribution in [2.24, 2.45) is 11.3 Å². The minimum atomic E-state index is -0.317. The molecule has 0 radical (unpaired) electrons. The van der Waals surface area contributed by atoms with E-state index in [1.807, 2.05) is 30.6 Å². The molecular formula is C17H31N3O2. The molecule has 2 rings (SSSR count). The van der Waals surface area contributed by atoms with E-state index in [0.29, 0.717) is 6.54 Å². The third-order valence-corrected chi connectivity index (χ3v) is 4.80. The number of piperidine rings is 1. The smallest absolute Gasteiger partial charge is 0.236 e. The monoisotopic (exact) mass is 309 g/mol. The van der Waals surface area contributed by atoms with E-state index >= 15 is 0 Å². The molecule has 0 aromatic carbocycles. The average Bonchev–Trinajstić information content (AvgIpc) is 2.47. The van der Waals surface area contributed by atoms with Crippen LogP contribution in [0.1, 0.15) is 40.5 Å². The van der Waals surface area contributed by atoms with Crippen LogP contribution in [0.5, 0.6) is 0 Å². The predicted molar refractivity (Wildman–Crippen MR) is 87.5 cm³/mol. The van der Waals surface area contributed by atoms with Crippen molar-refractivity contribution in [3.8, 4) is 0 Å². The summed E-state index contributed by atoms with van der Waals surface area (Å²) in [4.78, 5) is 30.7. The molecule has 0 saturated carbocycles. The van der Waals surface area contributed by atoms with E-state index < -0.39 is 0 Å². The number of carbonyl (C=O) groups excluding carboxylic acids is 2. The van der Waals surface area contributed by atoms with Gasteiger partial charge in [-0.2, -0.15) is 0 Å². The number of piperazine rings is 1. The van der Waals surface area contributed by atoms with E-state index in [4.69, 9.17) is 0 Å². The second-order valence-corrected chi connectivity index (χ2v) is 7.88. The zero-order valence-corrected chi connectivity index (χ0v) is 14.6. The number of hydrogen-bond acceptors (Lipinski definition) is 3. The maximum atomic E-state index is 12.4. The fourth-order valence-corrected chi connectivity index (χ4v) is 3.13. The van der Waals surface area contributed by atoms with Crippen molar-refractivity contribution >= 4 is 11.8 Å². The van der Waals surface area contributed by atoms with Crippen LogP contribution in [0.15, 0.2) is 0 Å². The molecule has 2 heterocycles. The molecule has 2 fully saturated rings. The van der Waals surface area contributed by atoms with Crippen molar-refractivity contribution in [3.05, 3.63) is 0 Å². The highest BCUT2D eigenvalue weighted by molar-refractivity contribution is 5.81. The third kappa shape index (κ3) is 4.45. The molecule has 0 N–H and O–H groups in total. The summed E-state index contributed by atoms with van der Waals surface area (Å²) in [7, 11) is 0. The normalized spacial score (nSPS) is 22.0. The largest absolute Gasteiger partial charge is 0.342 e. The lowest BCUT2D eigenvalue weighted by Crippen LogP contribution is -2.54. The molecule has 126 valence electrons. The highest BCUT2D eigenvalue weighted by Crippen LogP contribution is 2.19. The fraction of sp³-hybridized carbons (Fsp3) is 0.882. The molecule has 0 unspecified atom stereocenters. The quantitative estimate of drug-likeness (QED) is 0.775. The first-order valence-corrected chi connectivity index (χ1v) is 8.57. The molecule has 5 nitrogen and oxygen atoms in total. The first-order chi connectivity index (χ1) is 10.3. The number of rotatable bonds is 2. The molecule has 2 aliphatic rings. The Hall–Kier alpha value is -1.10. The minimum absolute atomic E-state index is 0.212. The Morgan fingerprint density at radius 1 is 0.909 bits per heavy atom. The van der Waals surface area contributed by atoms with Crippen molar-refractivity contribution in [1.29, 1.82) is 0 Å². The molecule has 5 heteroatoms. The van der Waals surface area contributed by atoms with Gasteiger partial charge in [0.25, 0.3) is 0 Å². The molecule has 0 aliphatic carbocycles. The Balaban J connectivity index is 1.75. The van der Waals surface area contributed by atoms with Gasteiger partial charge in [-0.25, -0.2) is 0 Å². The highest BCUT2D eigenvalue weighted by atomic mass is 16.2. The van der Waals surface area contributed by atoms with Gasteiger partial charge in [-0.05, 0) is 18.8 Å². The number of nitrogens with zero attached hydrogens (tertiary/aromatic N) is 3. The summed E-state index contributed by atoms with van der Waals surface area (Å²) in [5.41, 5.74) is -0.317. The Morgan fingerprint density at radius 2 is 1.45 bits per heavy atom. The van der Waals surface area contributed by atoms with Crippen molar-refractivity contribution < 1.29 is 9.59 Å². The van der Waals surface area contributed by atoms with Crippen molar-refractivity contribution in [2.45, 2.75) is 40.5 Å². The van der Waals surface area contributed by atoms with Crippen molar-refractivity contribution in [3.63, 3.8) is 0 Å². The van der Waals surface area contributed by atoms with Crippen LogP contribution in [0.4, 0.5) is 0 Å². The molecule has 0 aromatic heterocycles. The van der Waals surface area contributed by atoms with Crippen LogP contribution < -0.4 is 0 Å². The van der Waals surface area contributed by atoms with E-state index in [0.717, 1.165) is 58.0 Å². The molecule has 0 bridgehead atoms. The van der Waals surface area contributed by atoms with Crippen LogP contribution in [0.2, 0.25) is 0 Å². The zero-order valence-electron chi connectivity index (χ0n) is 14.6. The van der Waals surface area contributed by atoms with E-state index in [-0.39, 0.29) is 17.2 Å². The average molecular weight is 309 g/mol. The van der Waals surface area contributed by atoms with Crippen molar-refractivity contribution in [2.75, 3.05) is 45.8 Å². The second kappa shape index (κ2) is 6.99. The lowest BCUT2D eigenvalue weighted by molar-refractivity contribution is -0.142. The highest BCUT2D eigenvalue weighted by Gasteiger charge is 2.30. The Morgan fingerprint density at radius 3 is 1.95 bits per heavy atom. The third-order valence-electron chi connectivity index (χ3n) is 4.80. The van der Waals surface area contributed by atoms with Crippen LogP contribution in [-0.4, -0.2) is 72.3 Å². The van der Waals surface area contributed by atoms with Gasteiger partial charge in [0.2, 0.25) is 11.8 Å². The van der Waals surface area contributed by atoms with Crippen LogP contribution in [0.25, 0.3) is 0 Å². The molecule has 0 atom stereocenters. The molecule has 0 aromatic rings. The molecule has 22 heavy (non-hydrogen) atoms. The zero-order chi connectivity index (χ0) is 16.3. The van der Waals surface area contributed by atoms with Gasteiger partial charge in [-0.3, -0.25) is 14.5 Å². The maximum Gasteiger partial charge on any atom is 0.236 e. The van der Waals surface area contributed by atoms with Gasteiger partial charge < -0.3 is 9.80 Å². The SMILES string of the molecule is CC1CCN(C(=O)CN2CCN(C(=O)C(C)(C)C)CC2)CC1. The van der Waals surface area contributed by atoms with Gasteiger partial charge in [0, 0.05) is 44.7 Å². The summed E-state index contributed by atoms with van der Waals surface area (Å²) in [6, 6.07) is 0. The molecule has 2 aliphatic heterocycles. The standard InChI is InChI=1S/C17H31N3O2/c1-14-5-7-19(8-6-14)15(21)13-18-9-11-20(12-10-18)16(22)17(2,3)4/h14H,5-13H2,1-4H3. The first-order valence-electron chi connectivity index (χ1n) is 8.57. The Bertz CT molecular complexity index is 401. The van der Waals surface area contributed by atoms with Crippen LogP contribution in [-0.2, 0) is 9.59 Å². The first kappa shape index (κ1) is 17.3. The van der Waals surface area contributed by atoms with Crippen LogP contribution in [0, 0.1) is 11.3 Å². The summed E-state index contributed by atoms with van der Waals surface area (Å²) < 4.78 is 0. The van der Waals surface area contributed by atoms with E-state index in [9.17, 15) is 9.59 Å². The topological polar surface area (TPSA) is 43.9 Å². The number of amides is 2. The maximum absolute atomic E-state index is 12.4. The minimum Gasteiger partial charge on any atom is -0.342 e. The summed E-state index contributed by atoms with van der Waals surface area (Å²) in [5, 5.41) is 0. The summed E-state index contributed by atoms with van der Waals surface area (Å²) in [6.07, 6.45) is 2.25. The summed E-state index contributed by atoms with van der Waals surface area (Å²) in [5.74, 6) is 1.21. The molecular weight excluding hydrogens is 278 g/mol. The van der Waals surface area contributed by atoms with Gasteiger partial charge in [-0.1, -0.05) is 27.7 Å². The Labute approximate surface area is 134 Å². The van der Waals surface area contributed by atoms with Gasteiger partial charge in [0.15, 0.2) is 0 Å².